The van der Waals surface area contributed by atoms with Crippen LogP contribution in [-0.4, -0.2) is 37.7 Å². The monoisotopic (exact) mass is 185 g/mol. The summed E-state index contributed by atoms with van der Waals surface area (Å²) in [5, 5.41) is 0. The van der Waals surface area contributed by atoms with Gasteiger partial charge < -0.3 is 15.2 Å². The molecule has 2 rings (SSSR count). The molecule has 0 aromatic rings. The van der Waals surface area contributed by atoms with Gasteiger partial charge in [-0.05, 0) is 12.8 Å². The highest BCUT2D eigenvalue weighted by molar-refractivity contribution is 5.91. The maximum absolute atomic E-state index is 11.9. The Balaban J connectivity index is 2.02. The van der Waals surface area contributed by atoms with E-state index in [-0.39, 0.29) is 11.7 Å². The zero-order valence-corrected chi connectivity index (χ0v) is 7.62. The molecule has 0 saturated carbocycles. The van der Waals surface area contributed by atoms with E-state index in [9.17, 15) is 4.79 Å². The third-order valence-corrected chi connectivity index (χ3v) is 2.84. The molecule has 2 N–H and O–H groups in total. The molecule has 2 heterocycles. The number of carbonyl (C=O) groups is 1. The van der Waals surface area contributed by atoms with E-state index < -0.39 is 5.54 Å². The summed E-state index contributed by atoms with van der Waals surface area (Å²) < 4.78 is 10.3. The fourth-order valence-electron chi connectivity index (χ4n) is 1.92. The van der Waals surface area contributed by atoms with Crippen LogP contribution in [-0.2, 0) is 14.3 Å². The van der Waals surface area contributed by atoms with Crippen LogP contribution in [0.25, 0.3) is 0 Å². The molecule has 13 heavy (non-hydrogen) atoms. The van der Waals surface area contributed by atoms with Gasteiger partial charge in [-0.1, -0.05) is 0 Å². The van der Waals surface area contributed by atoms with Crippen LogP contribution < -0.4 is 5.73 Å². The molecule has 0 aromatic carbocycles. The summed E-state index contributed by atoms with van der Waals surface area (Å²) in [7, 11) is 0. The van der Waals surface area contributed by atoms with E-state index in [0.717, 1.165) is 6.42 Å². The van der Waals surface area contributed by atoms with E-state index >= 15 is 0 Å². The van der Waals surface area contributed by atoms with Crippen molar-refractivity contribution in [3.63, 3.8) is 0 Å². The van der Waals surface area contributed by atoms with Gasteiger partial charge in [0.1, 0.15) is 5.54 Å². The van der Waals surface area contributed by atoms with Crippen molar-refractivity contribution < 1.29 is 14.3 Å². The fraction of sp³-hybridized carbons (Fsp3) is 0.889. The van der Waals surface area contributed by atoms with Crippen LogP contribution in [0.2, 0.25) is 0 Å². The first-order valence-corrected chi connectivity index (χ1v) is 4.71. The Kier molecular flexibility index (Phi) is 2.36. The normalized spacial score (nSPS) is 39.6. The predicted octanol–water partition coefficient (Wildman–Crippen LogP) is -0.290. The first kappa shape index (κ1) is 9.12. The summed E-state index contributed by atoms with van der Waals surface area (Å²) in [6.07, 6.45) is 1.47. The molecule has 2 saturated heterocycles. The van der Waals surface area contributed by atoms with Crippen LogP contribution in [0.5, 0.6) is 0 Å². The highest BCUT2D eigenvalue weighted by Gasteiger charge is 2.42. The Labute approximate surface area is 77.4 Å². The number of hydrogen-bond donors (Lipinski definition) is 1. The van der Waals surface area contributed by atoms with Crippen molar-refractivity contribution in [1.29, 1.82) is 0 Å². The highest BCUT2D eigenvalue weighted by atomic mass is 16.5. The quantitative estimate of drug-likeness (QED) is 0.642. The number of hydrogen-bond acceptors (Lipinski definition) is 4. The molecule has 0 aromatic heterocycles. The SMILES string of the molecule is NC1(C(=O)C2CCOC2)CCOC1. The maximum atomic E-state index is 11.9. The van der Waals surface area contributed by atoms with Crippen molar-refractivity contribution in [1.82, 2.24) is 0 Å². The van der Waals surface area contributed by atoms with Gasteiger partial charge in [0.25, 0.3) is 0 Å². The molecule has 0 radical (unpaired) electrons. The molecule has 2 aliphatic rings. The third kappa shape index (κ3) is 1.61. The molecule has 2 unspecified atom stereocenters. The van der Waals surface area contributed by atoms with Gasteiger partial charge >= 0.3 is 0 Å². The first-order chi connectivity index (χ1) is 6.22. The molecule has 74 valence electrons. The highest BCUT2D eigenvalue weighted by Crippen LogP contribution is 2.24. The minimum absolute atomic E-state index is 0.00620. The molecule has 2 aliphatic heterocycles. The van der Waals surface area contributed by atoms with Gasteiger partial charge in [0, 0.05) is 19.1 Å². The largest absolute Gasteiger partial charge is 0.381 e. The number of rotatable bonds is 2. The Morgan fingerprint density at radius 3 is 2.77 bits per heavy atom. The van der Waals surface area contributed by atoms with Crippen LogP contribution in [0.1, 0.15) is 12.8 Å². The summed E-state index contributed by atoms with van der Waals surface area (Å²) in [5.41, 5.74) is 5.23. The molecule has 0 amide bonds. The molecular weight excluding hydrogens is 170 g/mol. The lowest BCUT2D eigenvalue weighted by molar-refractivity contribution is -0.128. The molecule has 2 fully saturated rings. The lowest BCUT2D eigenvalue weighted by atomic mass is 9.85. The number of carbonyl (C=O) groups excluding carboxylic acids is 1. The summed E-state index contributed by atoms with van der Waals surface area (Å²) >= 11 is 0. The van der Waals surface area contributed by atoms with Gasteiger partial charge in [0.05, 0.1) is 13.2 Å². The van der Waals surface area contributed by atoms with Gasteiger partial charge in [0.2, 0.25) is 0 Å². The maximum Gasteiger partial charge on any atom is 0.160 e. The number of nitrogens with two attached hydrogens (primary N) is 1. The summed E-state index contributed by atoms with van der Waals surface area (Å²) in [5.74, 6) is 0.134. The second-order valence-electron chi connectivity index (χ2n) is 3.88. The second kappa shape index (κ2) is 3.36. The van der Waals surface area contributed by atoms with Crippen molar-refractivity contribution >= 4 is 5.78 Å². The Bertz CT molecular complexity index is 205. The average Bonchev–Trinajstić information content (AvgIpc) is 2.73. The van der Waals surface area contributed by atoms with Crippen molar-refractivity contribution in [3.05, 3.63) is 0 Å². The lowest BCUT2D eigenvalue weighted by Gasteiger charge is -2.22. The second-order valence-corrected chi connectivity index (χ2v) is 3.88. The fourth-order valence-corrected chi connectivity index (χ4v) is 1.92. The van der Waals surface area contributed by atoms with Gasteiger partial charge in [-0.2, -0.15) is 0 Å². The van der Waals surface area contributed by atoms with Crippen LogP contribution in [0.3, 0.4) is 0 Å². The zero-order valence-electron chi connectivity index (χ0n) is 7.62. The summed E-state index contributed by atoms with van der Waals surface area (Å²) in [4.78, 5) is 11.9. The Morgan fingerprint density at radius 1 is 1.38 bits per heavy atom. The summed E-state index contributed by atoms with van der Waals surface area (Å²) in [6.45, 7) is 2.21. The molecule has 0 bridgehead atoms. The van der Waals surface area contributed by atoms with Gasteiger partial charge in [-0.3, -0.25) is 4.79 Å². The van der Waals surface area contributed by atoms with Crippen molar-refractivity contribution in [2.24, 2.45) is 11.7 Å². The number of Topliss-reactive ketones (excluding diaryl/α,β-unsaturated/α-hetero) is 1. The van der Waals surface area contributed by atoms with Gasteiger partial charge in [-0.25, -0.2) is 0 Å². The Morgan fingerprint density at radius 2 is 2.23 bits per heavy atom. The standard InChI is InChI=1S/C9H15NO3/c10-9(2-4-13-6-9)8(11)7-1-3-12-5-7/h7H,1-6,10H2. The van der Waals surface area contributed by atoms with Crippen molar-refractivity contribution in [2.75, 3.05) is 26.4 Å². The van der Waals surface area contributed by atoms with Crippen LogP contribution >= 0.6 is 0 Å². The first-order valence-electron chi connectivity index (χ1n) is 4.71. The Hall–Kier alpha value is -0.450. The van der Waals surface area contributed by atoms with E-state index in [1.54, 1.807) is 0 Å². The van der Waals surface area contributed by atoms with Crippen LogP contribution in [0.4, 0.5) is 0 Å². The van der Waals surface area contributed by atoms with Crippen molar-refractivity contribution in [3.8, 4) is 0 Å². The summed E-state index contributed by atoms with van der Waals surface area (Å²) in [6, 6.07) is 0. The van der Waals surface area contributed by atoms with E-state index in [1.165, 1.54) is 0 Å². The van der Waals surface area contributed by atoms with Gasteiger partial charge in [0.15, 0.2) is 5.78 Å². The van der Waals surface area contributed by atoms with E-state index in [1.807, 2.05) is 0 Å². The number of ketones is 1. The van der Waals surface area contributed by atoms with Crippen LogP contribution in [0.15, 0.2) is 0 Å². The molecular formula is C9H15NO3. The van der Waals surface area contributed by atoms with E-state index in [2.05, 4.69) is 0 Å². The van der Waals surface area contributed by atoms with Crippen LogP contribution in [0, 0.1) is 5.92 Å². The topological polar surface area (TPSA) is 61.6 Å². The minimum Gasteiger partial charge on any atom is -0.381 e. The molecule has 0 aliphatic carbocycles. The molecule has 0 spiro atoms. The smallest absolute Gasteiger partial charge is 0.160 e. The van der Waals surface area contributed by atoms with E-state index in [0.29, 0.717) is 32.8 Å². The average molecular weight is 185 g/mol. The zero-order chi connectivity index (χ0) is 9.31. The number of ether oxygens (including phenoxy) is 2. The van der Waals surface area contributed by atoms with Crippen molar-refractivity contribution in [2.45, 2.75) is 18.4 Å². The minimum atomic E-state index is -0.724. The third-order valence-electron chi connectivity index (χ3n) is 2.84. The molecule has 4 nitrogen and oxygen atoms in total. The lowest BCUT2D eigenvalue weighted by Crippen LogP contribution is -2.51. The molecule has 4 heteroatoms. The predicted molar refractivity (Wildman–Crippen MR) is 46.3 cm³/mol. The van der Waals surface area contributed by atoms with E-state index in [4.69, 9.17) is 15.2 Å². The molecule has 2 atom stereocenters. The van der Waals surface area contributed by atoms with Gasteiger partial charge in [-0.15, -0.1) is 0 Å².